The molecule has 2 N–H and O–H groups in total. The maximum absolute atomic E-state index is 9.47. The smallest absolute Gasteiger partial charge is 0.382 e. The third-order valence-electron chi connectivity index (χ3n) is 5.58. The number of carbonyl (C=O) groups is 2. The molecule has 0 heterocycles. The molecule has 0 atom stereocenters. The summed E-state index contributed by atoms with van der Waals surface area (Å²) >= 11 is -1.68. The van der Waals surface area contributed by atoms with Crippen LogP contribution in [0.3, 0.4) is 0 Å². The average molecular weight is 694 g/mol. The van der Waals surface area contributed by atoms with Crippen LogP contribution in [0, 0.1) is 11.8 Å². The topological polar surface area (TPSA) is 74.6 Å². The van der Waals surface area contributed by atoms with Gasteiger partial charge >= 0.3 is 197 Å². The molecule has 34 heavy (non-hydrogen) atoms. The van der Waals surface area contributed by atoms with E-state index >= 15 is 0 Å². The van der Waals surface area contributed by atoms with Crippen LogP contribution in [0.4, 0.5) is 0 Å². The molecule has 4 nitrogen and oxygen atoms in total. The molecule has 2 radical (unpaired) electrons. The minimum Gasteiger partial charge on any atom is -0.472 e. The molecule has 0 spiro atoms. The Morgan fingerprint density at radius 1 is 0.471 bits per heavy atom. The van der Waals surface area contributed by atoms with Crippen molar-refractivity contribution in [2.24, 2.45) is 0 Å². The van der Waals surface area contributed by atoms with Crippen molar-refractivity contribution >= 4 is 51.5 Å². The van der Waals surface area contributed by atoms with E-state index in [2.05, 4.69) is 41.5 Å². The van der Waals surface area contributed by atoms with E-state index in [4.69, 9.17) is 10.2 Å². The molecule has 0 bridgehead atoms. The fourth-order valence-electron chi connectivity index (χ4n) is 3.42. The quantitative estimate of drug-likeness (QED) is 0.111. The van der Waals surface area contributed by atoms with Crippen LogP contribution >= 0.6 is 0 Å². The van der Waals surface area contributed by atoms with E-state index in [1.807, 2.05) is 0 Å². The van der Waals surface area contributed by atoms with Crippen LogP contribution in [-0.2, 0) is 9.59 Å². The predicted octanol–water partition coefficient (Wildman–Crippen LogP) is 8.92. The van der Waals surface area contributed by atoms with Gasteiger partial charge < -0.3 is 10.2 Å². The van der Waals surface area contributed by atoms with E-state index in [1.165, 1.54) is 88.9 Å². The van der Waals surface area contributed by atoms with Crippen molar-refractivity contribution in [3.63, 3.8) is 0 Å². The van der Waals surface area contributed by atoms with E-state index in [-0.39, 0.29) is 0 Å². The molecule has 0 aromatic carbocycles. The minimum absolute atomic E-state index is 0.839. The van der Waals surface area contributed by atoms with Crippen molar-refractivity contribution in [2.75, 3.05) is 0 Å². The molecule has 0 fully saturated rings. The molecule has 6 heteroatoms. The first-order valence-corrected chi connectivity index (χ1v) is 26.1. The van der Waals surface area contributed by atoms with Crippen LogP contribution in [0.5, 0.6) is 0 Å². The zero-order valence-corrected chi connectivity index (χ0v) is 29.1. The number of carboxylic acids is 2. The van der Waals surface area contributed by atoms with Crippen LogP contribution < -0.4 is 0 Å². The Hall–Kier alpha value is 0.0974. The van der Waals surface area contributed by atoms with Gasteiger partial charge in [-0.05, 0) is 0 Å². The largest absolute Gasteiger partial charge is 0.472 e. The van der Waals surface area contributed by atoms with E-state index in [9.17, 15) is 9.59 Å². The normalized spacial score (nSPS) is 10.0. The standard InChI is InChI=1S/C4H2O4.6C4H9.2Sn/c5-3(6)1-2-4(7)8;6*1-3-4-2;;/h(H,5,6)(H,7,8);6*1,3-4H2,2H3;;. The van der Waals surface area contributed by atoms with E-state index in [1.54, 1.807) is 26.6 Å². The molecule has 0 rings (SSSR count). The monoisotopic (exact) mass is 696 g/mol. The van der Waals surface area contributed by atoms with E-state index < -0.39 is 51.5 Å². The second-order valence-corrected chi connectivity index (χ2v) is 26.1. The van der Waals surface area contributed by atoms with E-state index in [0.29, 0.717) is 0 Å². The average Bonchev–Trinajstić information content (AvgIpc) is 2.82. The SMILES string of the molecule is CCC[CH2][Sn]([CH2]CCC)[CH2]CCC.CCC[CH2][Sn]([CH2]CCC)[CH2]CCC.O=C(O)C#CC(=O)O. The maximum atomic E-state index is 9.47. The van der Waals surface area contributed by atoms with Gasteiger partial charge in [0.05, 0.1) is 0 Å². The van der Waals surface area contributed by atoms with Gasteiger partial charge in [0, 0.05) is 11.8 Å². The van der Waals surface area contributed by atoms with Gasteiger partial charge in [0.15, 0.2) is 0 Å². The zero-order chi connectivity index (χ0) is 26.5. The van der Waals surface area contributed by atoms with Crippen molar-refractivity contribution in [2.45, 2.75) is 145 Å². The van der Waals surface area contributed by atoms with Crippen LogP contribution in [-0.4, -0.2) is 61.7 Å². The fraction of sp³-hybridized carbons (Fsp3) is 0.857. The Morgan fingerprint density at radius 2 is 0.647 bits per heavy atom. The predicted molar refractivity (Wildman–Crippen MR) is 153 cm³/mol. The first-order valence-electron chi connectivity index (χ1n) is 14.0. The summed E-state index contributed by atoms with van der Waals surface area (Å²) in [6.45, 7) is 14.0. The van der Waals surface area contributed by atoms with Crippen LogP contribution in [0.25, 0.3) is 0 Å². The Bertz CT molecular complexity index is 420. The molecule has 0 aliphatic carbocycles. The van der Waals surface area contributed by atoms with Crippen molar-refractivity contribution < 1.29 is 19.8 Å². The Kier molecular flexibility index (Phi) is 37.6. The molecule has 200 valence electrons. The number of rotatable bonds is 18. The summed E-state index contributed by atoms with van der Waals surface area (Å²) in [6, 6.07) is 0. The van der Waals surface area contributed by atoms with Gasteiger partial charge in [0.1, 0.15) is 0 Å². The van der Waals surface area contributed by atoms with Crippen molar-refractivity contribution in [3.8, 4) is 11.8 Å². The molecule has 0 aliphatic rings. The molecule has 0 aliphatic heterocycles. The number of hydrogen-bond acceptors (Lipinski definition) is 2. The summed E-state index contributed by atoms with van der Waals surface area (Å²) in [5.74, 6) is -0.0511. The molecular formula is C28H56O4Sn2. The summed E-state index contributed by atoms with van der Waals surface area (Å²) in [4.78, 5) is 18.9. The van der Waals surface area contributed by atoms with Crippen molar-refractivity contribution in [1.82, 2.24) is 0 Å². The molecule has 0 amide bonds. The third kappa shape index (κ3) is 36.7. The summed E-state index contributed by atoms with van der Waals surface area (Å²) in [7, 11) is 0. The van der Waals surface area contributed by atoms with Crippen molar-refractivity contribution in [3.05, 3.63) is 0 Å². The first-order chi connectivity index (χ1) is 16.3. The summed E-state index contributed by atoms with van der Waals surface area (Å²) in [6.07, 6.45) is 17.7. The second kappa shape index (κ2) is 33.1. The van der Waals surface area contributed by atoms with Gasteiger partial charge in [-0.25, -0.2) is 9.59 Å². The molecule has 0 saturated heterocycles. The Morgan fingerprint density at radius 3 is 0.765 bits per heavy atom. The maximum Gasteiger partial charge on any atom is 0.382 e. The summed E-state index contributed by atoms with van der Waals surface area (Å²) in [5.41, 5.74) is 0. The fourth-order valence-corrected chi connectivity index (χ4v) is 22.3. The summed E-state index contributed by atoms with van der Waals surface area (Å²) < 4.78 is 10.1. The number of hydrogen-bond donors (Lipinski definition) is 2. The third-order valence-corrected chi connectivity index (χ3v) is 23.7. The summed E-state index contributed by atoms with van der Waals surface area (Å²) in [5, 5.41) is 15.5. The van der Waals surface area contributed by atoms with Gasteiger partial charge in [0.25, 0.3) is 0 Å². The van der Waals surface area contributed by atoms with Gasteiger partial charge in [-0.2, -0.15) is 0 Å². The Balaban J connectivity index is -0.000000438. The van der Waals surface area contributed by atoms with Crippen LogP contribution in [0.1, 0.15) is 119 Å². The molecule has 0 aromatic rings. The van der Waals surface area contributed by atoms with Crippen LogP contribution in [0.15, 0.2) is 0 Å². The van der Waals surface area contributed by atoms with Gasteiger partial charge in [-0.1, -0.05) is 0 Å². The van der Waals surface area contributed by atoms with Gasteiger partial charge in [-0.15, -0.1) is 0 Å². The molecular weight excluding hydrogens is 638 g/mol. The van der Waals surface area contributed by atoms with E-state index in [0.717, 1.165) is 0 Å². The number of aliphatic carboxylic acids is 2. The van der Waals surface area contributed by atoms with Crippen LogP contribution in [0.2, 0.25) is 26.6 Å². The second-order valence-electron chi connectivity index (χ2n) is 8.98. The molecule has 0 saturated carbocycles. The molecule has 0 unspecified atom stereocenters. The molecule has 0 aromatic heterocycles. The zero-order valence-electron chi connectivity index (χ0n) is 23.4. The minimum atomic E-state index is -1.44. The van der Waals surface area contributed by atoms with Gasteiger partial charge in [-0.3, -0.25) is 0 Å². The van der Waals surface area contributed by atoms with Gasteiger partial charge in [0.2, 0.25) is 0 Å². The Labute approximate surface area is 226 Å². The number of carboxylic acid groups (broad SMARTS) is 2. The first kappa shape index (κ1) is 38.6. The number of unbranched alkanes of at least 4 members (excludes halogenated alkanes) is 6. The van der Waals surface area contributed by atoms with Crippen molar-refractivity contribution in [1.29, 1.82) is 0 Å².